The second-order valence-electron chi connectivity index (χ2n) is 6.72. The van der Waals surface area contributed by atoms with Crippen molar-refractivity contribution in [3.05, 3.63) is 76.8 Å². The Morgan fingerprint density at radius 2 is 1.84 bits per heavy atom. The van der Waals surface area contributed by atoms with Crippen LogP contribution in [0.4, 0.5) is 24.7 Å². The number of fused-ring (bicyclic) bond motifs is 1. The van der Waals surface area contributed by atoms with Crippen LogP contribution in [0.3, 0.4) is 0 Å². The molecule has 0 radical (unpaired) electrons. The summed E-state index contributed by atoms with van der Waals surface area (Å²) in [6, 6.07) is 10.0. The van der Waals surface area contributed by atoms with E-state index in [1.54, 1.807) is 34.3 Å². The van der Waals surface area contributed by atoms with Gasteiger partial charge in [-0.1, -0.05) is 23.7 Å². The summed E-state index contributed by atoms with van der Waals surface area (Å²) in [5.41, 5.74) is 2.71. The Morgan fingerprint density at radius 3 is 2.53 bits per heavy atom. The molecule has 32 heavy (non-hydrogen) atoms. The van der Waals surface area contributed by atoms with Crippen LogP contribution in [0.1, 0.15) is 21.5 Å². The van der Waals surface area contributed by atoms with Gasteiger partial charge in [-0.25, -0.2) is 20.4 Å². The number of carbonyl (C=O) groups excluding carboxylic acids is 1. The Kier molecular flexibility index (Phi) is 5.68. The van der Waals surface area contributed by atoms with E-state index < -0.39 is 22.7 Å². The van der Waals surface area contributed by atoms with Crippen LogP contribution in [0.25, 0.3) is 11.2 Å². The molecule has 0 unspecified atom stereocenters. The first-order valence-corrected chi connectivity index (χ1v) is 9.47. The van der Waals surface area contributed by atoms with Crippen molar-refractivity contribution in [3.8, 4) is 0 Å². The fraction of sp³-hybridized carbons (Fsp3) is 0.100. The normalized spacial score (nSPS) is 11.5. The van der Waals surface area contributed by atoms with Crippen LogP contribution >= 0.6 is 11.6 Å². The van der Waals surface area contributed by atoms with Gasteiger partial charge in [0.1, 0.15) is 6.33 Å². The Bertz CT molecular complexity index is 1290. The van der Waals surface area contributed by atoms with E-state index in [1.807, 2.05) is 0 Å². The lowest BCUT2D eigenvalue weighted by Crippen LogP contribution is -2.18. The van der Waals surface area contributed by atoms with Gasteiger partial charge in [0.2, 0.25) is 0 Å². The van der Waals surface area contributed by atoms with Crippen molar-refractivity contribution in [1.82, 2.24) is 25.0 Å². The number of benzene rings is 2. The number of imidazole rings is 1. The lowest BCUT2D eigenvalue weighted by Gasteiger charge is -2.12. The third-order valence-electron chi connectivity index (χ3n) is 4.61. The van der Waals surface area contributed by atoms with Gasteiger partial charge < -0.3 is 9.88 Å². The molecular weight excluding hydrogens is 449 g/mol. The van der Waals surface area contributed by atoms with Gasteiger partial charge in [0.05, 0.1) is 23.5 Å². The van der Waals surface area contributed by atoms with Gasteiger partial charge in [-0.2, -0.15) is 13.2 Å². The molecule has 2 heterocycles. The van der Waals surface area contributed by atoms with E-state index in [0.29, 0.717) is 23.3 Å². The number of hydroxylamine groups is 1. The van der Waals surface area contributed by atoms with E-state index in [4.69, 9.17) is 16.8 Å². The number of nitrogens with one attached hydrogen (secondary N) is 2. The van der Waals surface area contributed by atoms with Gasteiger partial charge >= 0.3 is 6.18 Å². The highest BCUT2D eigenvalue weighted by atomic mass is 35.5. The van der Waals surface area contributed by atoms with Crippen molar-refractivity contribution in [2.24, 2.45) is 0 Å². The van der Waals surface area contributed by atoms with Crippen molar-refractivity contribution in [3.63, 3.8) is 0 Å². The van der Waals surface area contributed by atoms with Crippen LogP contribution in [0.5, 0.6) is 0 Å². The minimum absolute atomic E-state index is 0.147. The molecule has 164 valence electrons. The third kappa shape index (κ3) is 4.34. The van der Waals surface area contributed by atoms with Crippen molar-refractivity contribution in [1.29, 1.82) is 0 Å². The number of aromatic nitrogens is 4. The summed E-state index contributed by atoms with van der Waals surface area (Å²) in [4.78, 5) is 24.0. The zero-order chi connectivity index (χ0) is 22.9. The molecular formula is C20H14ClF3N6O2. The summed E-state index contributed by atoms with van der Waals surface area (Å²) < 4.78 is 41.1. The van der Waals surface area contributed by atoms with Gasteiger partial charge in [-0.05, 0) is 35.9 Å². The molecule has 12 heteroatoms. The minimum Gasteiger partial charge on any atom is -0.338 e. The van der Waals surface area contributed by atoms with Crippen LogP contribution in [-0.2, 0) is 12.7 Å². The van der Waals surface area contributed by atoms with E-state index in [-0.39, 0.29) is 11.5 Å². The Hall–Kier alpha value is -3.70. The summed E-state index contributed by atoms with van der Waals surface area (Å²) in [5.74, 6) is -0.386. The molecule has 0 aliphatic rings. The molecule has 4 aromatic rings. The molecule has 0 aliphatic heterocycles. The summed E-state index contributed by atoms with van der Waals surface area (Å²) in [6.45, 7) is 0.368. The van der Waals surface area contributed by atoms with E-state index >= 15 is 0 Å². The van der Waals surface area contributed by atoms with Gasteiger partial charge in [0.25, 0.3) is 5.91 Å². The van der Waals surface area contributed by atoms with Crippen LogP contribution in [-0.4, -0.2) is 30.6 Å². The van der Waals surface area contributed by atoms with Crippen LogP contribution in [0.15, 0.2) is 55.1 Å². The van der Waals surface area contributed by atoms with E-state index in [0.717, 1.165) is 17.7 Å². The molecule has 0 spiro atoms. The van der Waals surface area contributed by atoms with Crippen LogP contribution in [0.2, 0.25) is 5.02 Å². The van der Waals surface area contributed by atoms with Gasteiger partial charge in [-0.3, -0.25) is 10.0 Å². The summed E-state index contributed by atoms with van der Waals surface area (Å²) >= 11 is 5.67. The topological polar surface area (TPSA) is 105 Å². The maximum absolute atomic E-state index is 13.1. The average Bonchev–Trinajstić information content (AvgIpc) is 3.18. The Labute approximate surface area is 183 Å². The number of amides is 1. The summed E-state index contributed by atoms with van der Waals surface area (Å²) in [7, 11) is 0. The molecule has 2 aromatic carbocycles. The van der Waals surface area contributed by atoms with Gasteiger partial charge in [0.15, 0.2) is 17.0 Å². The summed E-state index contributed by atoms with van der Waals surface area (Å²) in [6.07, 6.45) is -1.79. The van der Waals surface area contributed by atoms with Gasteiger partial charge in [-0.15, -0.1) is 0 Å². The monoisotopic (exact) mass is 462 g/mol. The SMILES string of the molecule is O=C(NO)c1ccc(Cn2cnc3c(Nc4ccc(Cl)c(C(F)(F)F)c4)ncnc32)cc1. The first kappa shape index (κ1) is 21.5. The summed E-state index contributed by atoms with van der Waals surface area (Å²) in [5, 5.41) is 11.1. The largest absolute Gasteiger partial charge is 0.417 e. The number of carbonyl (C=O) groups is 1. The number of alkyl halides is 3. The highest BCUT2D eigenvalue weighted by Gasteiger charge is 2.33. The molecule has 3 N–H and O–H groups in total. The molecule has 4 rings (SSSR count). The van der Waals surface area contributed by atoms with E-state index in [1.165, 1.54) is 18.7 Å². The molecule has 1 amide bonds. The fourth-order valence-electron chi connectivity index (χ4n) is 3.07. The van der Waals surface area contributed by atoms with Crippen molar-refractivity contribution >= 4 is 40.2 Å². The lowest BCUT2D eigenvalue weighted by atomic mass is 10.1. The molecule has 8 nitrogen and oxygen atoms in total. The predicted molar refractivity (Wildman–Crippen MR) is 110 cm³/mol. The second kappa shape index (κ2) is 8.44. The van der Waals surface area contributed by atoms with Crippen molar-refractivity contribution in [2.75, 3.05) is 5.32 Å². The Morgan fingerprint density at radius 1 is 1.09 bits per heavy atom. The number of hydrogen-bond donors (Lipinski definition) is 3. The molecule has 0 aliphatic carbocycles. The van der Waals surface area contributed by atoms with Gasteiger partial charge in [0, 0.05) is 11.3 Å². The number of halogens is 4. The van der Waals surface area contributed by atoms with Crippen molar-refractivity contribution < 1.29 is 23.2 Å². The molecule has 2 aromatic heterocycles. The number of rotatable bonds is 5. The zero-order valence-corrected chi connectivity index (χ0v) is 16.8. The first-order valence-electron chi connectivity index (χ1n) is 9.09. The molecule has 0 bridgehead atoms. The number of nitrogens with zero attached hydrogens (tertiary/aromatic N) is 4. The lowest BCUT2D eigenvalue weighted by molar-refractivity contribution is -0.137. The standard InChI is InChI=1S/C20H14ClF3N6O2/c21-15-6-5-13(7-14(15)20(22,23)24)28-17-16-18(26-9-25-17)30(10-27-16)8-11-1-3-12(4-2-11)19(31)29-32/h1-7,9-10,32H,8H2,(H,29,31)(H,25,26,28). The van der Waals surface area contributed by atoms with E-state index in [9.17, 15) is 18.0 Å². The van der Waals surface area contributed by atoms with E-state index in [2.05, 4.69) is 20.3 Å². The fourth-order valence-corrected chi connectivity index (χ4v) is 3.29. The van der Waals surface area contributed by atoms with Crippen LogP contribution in [0, 0.1) is 0 Å². The number of hydrogen-bond acceptors (Lipinski definition) is 6. The molecule has 0 atom stereocenters. The molecule has 0 saturated heterocycles. The first-order chi connectivity index (χ1) is 15.3. The predicted octanol–water partition coefficient (Wildman–Crippen LogP) is 4.41. The maximum atomic E-state index is 13.1. The minimum atomic E-state index is -4.59. The van der Waals surface area contributed by atoms with Crippen molar-refractivity contribution in [2.45, 2.75) is 12.7 Å². The zero-order valence-electron chi connectivity index (χ0n) is 16.1. The molecule has 0 fully saturated rings. The third-order valence-corrected chi connectivity index (χ3v) is 4.94. The maximum Gasteiger partial charge on any atom is 0.417 e. The average molecular weight is 463 g/mol. The quantitative estimate of drug-likeness (QED) is 0.300. The highest BCUT2D eigenvalue weighted by Crippen LogP contribution is 2.37. The smallest absolute Gasteiger partial charge is 0.338 e. The highest BCUT2D eigenvalue weighted by molar-refractivity contribution is 6.31. The second-order valence-corrected chi connectivity index (χ2v) is 7.13. The Balaban J connectivity index is 1.61. The number of anilines is 2. The molecule has 0 saturated carbocycles. The van der Waals surface area contributed by atoms with Crippen LogP contribution < -0.4 is 10.8 Å².